The van der Waals surface area contributed by atoms with Crippen LogP contribution in [0.5, 0.6) is 0 Å². The first-order valence-electron chi connectivity index (χ1n) is 6.05. The number of carbonyl (C=O) groups is 1. The molecule has 1 nitrogen and oxygen atoms in total. The number of carbonyl (C=O) groups excluding carboxylic acids is 1. The summed E-state index contributed by atoms with van der Waals surface area (Å²) < 4.78 is 0.923. The molecule has 0 bridgehead atoms. The lowest BCUT2D eigenvalue weighted by Crippen LogP contribution is -2.03. The Morgan fingerprint density at radius 2 is 1.94 bits per heavy atom. The highest BCUT2D eigenvalue weighted by molar-refractivity contribution is 9.10. The molecule has 1 aromatic rings. The minimum Gasteiger partial charge on any atom is -0.294 e. The molecule has 1 fully saturated rings. The van der Waals surface area contributed by atoms with Crippen LogP contribution in [0.2, 0.25) is 0 Å². The molecule has 1 aliphatic carbocycles. The number of Topliss-reactive ketones (excluding diaryl/α,β-unsaturated/α-hetero) is 1. The number of hydrogen-bond acceptors (Lipinski definition) is 1. The van der Waals surface area contributed by atoms with Gasteiger partial charge in [-0.15, -0.1) is 0 Å². The highest BCUT2D eigenvalue weighted by atomic mass is 79.9. The summed E-state index contributed by atoms with van der Waals surface area (Å²) in [5.74, 6) is 1.07. The number of hydrogen-bond donors (Lipinski definition) is 0. The predicted molar refractivity (Wildman–Crippen MR) is 69.7 cm³/mol. The quantitative estimate of drug-likeness (QED) is 0.737. The van der Waals surface area contributed by atoms with Gasteiger partial charge in [-0.25, -0.2) is 0 Å². The van der Waals surface area contributed by atoms with E-state index < -0.39 is 0 Å². The molecular formula is C14H17BrO. The van der Waals surface area contributed by atoms with Crippen LogP contribution in [-0.2, 0) is 0 Å². The Hall–Kier alpha value is -0.630. The topological polar surface area (TPSA) is 17.1 Å². The van der Waals surface area contributed by atoms with Crippen molar-refractivity contribution in [2.75, 3.05) is 0 Å². The van der Waals surface area contributed by atoms with Crippen LogP contribution in [0.3, 0.4) is 0 Å². The monoisotopic (exact) mass is 280 g/mol. The van der Waals surface area contributed by atoms with Crippen molar-refractivity contribution in [1.29, 1.82) is 0 Å². The molecule has 1 saturated carbocycles. The summed E-state index contributed by atoms with van der Waals surface area (Å²) in [6.07, 6.45) is 7.13. The van der Waals surface area contributed by atoms with E-state index >= 15 is 0 Å². The molecule has 86 valence electrons. The van der Waals surface area contributed by atoms with E-state index in [0.717, 1.165) is 22.4 Å². The van der Waals surface area contributed by atoms with E-state index in [4.69, 9.17) is 0 Å². The maximum Gasteiger partial charge on any atom is 0.164 e. The molecule has 0 unspecified atom stereocenters. The van der Waals surface area contributed by atoms with Crippen molar-refractivity contribution in [2.24, 2.45) is 5.92 Å². The molecule has 16 heavy (non-hydrogen) atoms. The molecule has 0 saturated heterocycles. The van der Waals surface area contributed by atoms with Gasteiger partial charge in [0.05, 0.1) is 0 Å². The molecule has 0 N–H and O–H groups in total. The SMILES string of the molecule is O=C(CCC1CCCC1)c1ccccc1Br. The van der Waals surface area contributed by atoms with Gasteiger partial charge in [-0.05, 0) is 18.4 Å². The van der Waals surface area contributed by atoms with Crippen LogP contribution < -0.4 is 0 Å². The number of rotatable bonds is 4. The Bertz CT molecular complexity index is 367. The standard InChI is InChI=1S/C14H17BrO/c15-13-8-4-3-7-12(13)14(16)10-9-11-5-1-2-6-11/h3-4,7-8,11H,1-2,5-6,9-10H2. The maximum atomic E-state index is 12.0. The summed E-state index contributed by atoms with van der Waals surface area (Å²) in [5, 5.41) is 0. The number of benzene rings is 1. The van der Waals surface area contributed by atoms with Gasteiger partial charge in [0.25, 0.3) is 0 Å². The van der Waals surface area contributed by atoms with Gasteiger partial charge >= 0.3 is 0 Å². The zero-order chi connectivity index (χ0) is 11.4. The third-order valence-corrected chi connectivity index (χ3v) is 4.12. The second-order valence-corrected chi connectivity index (χ2v) is 5.45. The molecule has 0 aromatic heterocycles. The number of ketones is 1. The zero-order valence-electron chi connectivity index (χ0n) is 9.42. The summed E-state index contributed by atoms with van der Waals surface area (Å²) in [6.45, 7) is 0. The van der Waals surface area contributed by atoms with Gasteiger partial charge in [0, 0.05) is 16.5 Å². The van der Waals surface area contributed by atoms with E-state index in [-0.39, 0.29) is 5.78 Å². The van der Waals surface area contributed by atoms with E-state index in [1.807, 2.05) is 24.3 Å². The Morgan fingerprint density at radius 3 is 2.62 bits per heavy atom. The Morgan fingerprint density at radius 1 is 1.25 bits per heavy atom. The van der Waals surface area contributed by atoms with E-state index in [1.54, 1.807) is 0 Å². The smallest absolute Gasteiger partial charge is 0.164 e. The lowest BCUT2D eigenvalue weighted by Gasteiger charge is -2.08. The van der Waals surface area contributed by atoms with Gasteiger partial charge in [0.15, 0.2) is 5.78 Å². The van der Waals surface area contributed by atoms with Crippen LogP contribution in [0.15, 0.2) is 28.7 Å². The van der Waals surface area contributed by atoms with Crippen molar-refractivity contribution < 1.29 is 4.79 Å². The van der Waals surface area contributed by atoms with Crippen LogP contribution >= 0.6 is 15.9 Å². The first-order chi connectivity index (χ1) is 7.77. The average Bonchev–Trinajstić information content (AvgIpc) is 2.79. The van der Waals surface area contributed by atoms with Gasteiger partial charge < -0.3 is 0 Å². The Balaban J connectivity index is 1.90. The lowest BCUT2D eigenvalue weighted by molar-refractivity contribution is 0.0973. The molecular weight excluding hydrogens is 264 g/mol. The normalized spacial score (nSPS) is 16.6. The molecule has 2 heteroatoms. The molecule has 0 atom stereocenters. The molecule has 0 heterocycles. The third-order valence-electron chi connectivity index (χ3n) is 3.43. The van der Waals surface area contributed by atoms with Crippen molar-refractivity contribution in [2.45, 2.75) is 38.5 Å². The van der Waals surface area contributed by atoms with Crippen molar-refractivity contribution in [1.82, 2.24) is 0 Å². The van der Waals surface area contributed by atoms with Crippen LogP contribution in [0.4, 0.5) is 0 Å². The van der Waals surface area contributed by atoms with E-state index in [2.05, 4.69) is 15.9 Å². The minimum atomic E-state index is 0.277. The van der Waals surface area contributed by atoms with Crippen LogP contribution in [0.1, 0.15) is 48.9 Å². The zero-order valence-corrected chi connectivity index (χ0v) is 11.0. The highest BCUT2D eigenvalue weighted by Crippen LogP contribution is 2.29. The van der Waals surface area contributed by atoms with Crippen molar-refractivity contribution in [3.63, 3.8) is 0 Å². The fraction of sp³-hybridized carbons (Fsp3) is 0.500. The summed E-state index contributed by atoms with van der Waals surface area (Å²) in [7, 11) is 0. The fourth-order valence-corrected chi connectivity index (χ4v) is 2.96. The predicted octanol–water partition coefficient (Wildman–Crippen LogP) is 4.60. The first-order valence-corrected chi connectivity index (χ1v) is 6.84. The Labute approximate surface area is 105 Å². The van der Waals surface area contributed by atoms with E-state index in [0.29, 0.717) is 6.42 Å². The molecule has 0 spiro atoms. The first kappa shape index (κ1) is 11.8. The van der Waals surface area contributed by atoms with Gasteiger partial charge in [-0.2, -0.15) is 0 Å². The second kappa shape index (κ2) is 5.62. The van der Waals surface area contributed by atoms with Gasteiger partial charge in [0.1, 0.15) is 0 Å². The molecule has 0 aliphatic heterocycles. The van der Waals surface area contributed by atoms with E-state index in [9.17, 15) is 4.79 Å². The summed E-state index contributed by atoms with van der Waals surface area (Å²) in [4.78, 5) is 12.0. The molecule has 0 amide bonds. The highest BCUT2D eigenvalue weighted by Gasteiger charge is 2.17. The van der Waals surface area contributed by atoms with Crippen LogP contribution in [0, 0.1) is 5.92 Å². The average molecular weight is 281 g/mol. The van der Waals surface area contributed by atoms with Gasteiger partial charge in [-0.3, -0.25) is 4.79 Å². The maximum absolute atomic E-state index is 12.0. The summed E-state index contributed by atoms with van der Waals surface area (Å²) >= 11 is 3.43. The largest absolute Gasteiger partial charge is 0.294 e. The van der Waals surface area contributed by atoms with Crippen LogP contribution in [0.25, 0.3) is 0 Å². The van der Waals surface area contributed by atoms with Crippen molar-refractivity contribution in [3.05, 3.63) is 34.3 Å². The summed E-state index contributed by atoms with van der Waals surface area (Å²) in [6, 6.07) is 7.70. The van der Waals surface area contributed by atoms with Crippen molar-refractivity contribution >= 4 is 21.7 Å². The number of halogens is 1. The fourth-order valence-electron chi connectivity index (χ4n) is 2.46. The second-order valence-electron chi connectivity index (χ2n) is 4.59. The van der Waals surface area contributed by atoms with Crippen molar-refractivity contribution in [3.8, 4) is 0 Å². The lowest BCUT2D eigenvalue weighted by atomic mass is 9.97. The molecule has 2 rings (SSSR count). The minimum absolute atomic E-state index is 0.277. The van der Waals surface area contributed by atoms with E-state index in [1.165, 1.54) is 25.7 Å². The third kappa shape index (κ3) is 2.94. The van der Waals surface area contributed by atoms with Gasteiger partial charge in [-0.1, -0.05) is 59.8 Å². The van der Waals surface area contributed by atoms with Crippen LogP contribution in [-0.4, -0.2) is 5.78 Å². The van der Waals surface area contributed by atoms with Gasteiger partial charge in [0.2, 0.25) is 0 Å². The molecule has 1 aromatic carbocycles. The molecule has 1 aliphatic rings. The molecule has 0 radical (unpaired) electrons. The Kier molecular flexibility index (Phi) is 4.16. The summed E-state index contributed by atoms with van der Waals surface area (Å²) in [5.41, 5.74) is 0.834.